The lowest BCUT2D eigenvalue weighted by atomic mass is 9.63. The van der Waals surface area contributed by atoms with Gasteiger partial charge in [-0.15, -0.1) is 0 Å². The molecule has 6 atom stereocenters. The summed E-state index contributed by atoms with van der Waals surface area (Å²) < 4.78 is 11.9. The Morgan fingerprint density at radius 1 is 1.30 bits per heavy atom. The van der Waals surface area contributed by atoms with Crippen LogP contribution in [0.5, 0.6) is 0 Å². The van der Waals surface area contributed by atoms with Gasteiger partial charge in [-0.3, -0.25) is 4.90 Å². The molecule has 3 heteroatoms. The van der Waals surface area contributed by atoms with Crippen molar-refractivity contribution in [2.75, 3.05) is 13.3 Å². The van der Waals surface area contributed by atoms with E-state index >= 15 is 0 Å². The Balaban J connectivity index is 1.74. The third kappa shape index (κ3) is 1.08. The van der Waals surface area contributed by atoms with Crippen LogP contribution in [0.1, 0.15) is 43.2 Å². The summed E-state index contributed by atoms with van der Waals surface area (Å²) in [6, 6.07) is 7.48. The summed E-state index contributed by atoms with van der Waals surface area (Å²) in [6.07, 6.45) is 8.67. The second kappa shape index (κ2) is 3.45. The van der Waals surface area contributed by atoms with Crippen molar-refractivity contribution in [3.63, 3.8) is 0 Å². The number of rotatable bonds is 1. The van der Waals surface area contributed by atoms with Gasteiger partial charge in [-0.1, -0.05) is 18.9 Å². The Morgan fingerprint density at radius 2 is 2.15 bits per heavy atom. The van der Waals surface area contributed by atoms with Crippen LogP contribution >= 0.6 is 0 Å². The van der Waals surface area contributed by atoms with Gasteiger partial charge < -0.3 is 4.55 Å². The highest BCUT2D eigenvalue weighted by Crippen LogP contribution is 2.77. The Morgan fingerprint density at radius 3 is 2.95 bits per heavy atom. The van der Waals surface area contributed by atoms with Gasteiger partial charge in [0.15, 0.2) is 4.90 Å². The lowest BCUT2D eigenvalue weighted by molar-refractivity contribution is 0.172. The van der Waals surface area contributed by atoms with Crippen LogP contribution in [0, 0.1) is 5.92 Å². The first-order chi connectivity index (χ1) is 9.61. The van der Waals surface area contributed by atoms with E-state index in [-0.39, 0.29) is 0 Å². The van der Waals surface area contributed by atoms with Crippen LogP contribution in [0.25, 0.3) is 0 Å². The third-order valence-electron chi connectivity index (χ3n) is 6.86. The van der Waals surface area contributed by atoms with Gasteiger partial charge in [0.05, 0.1) is 5.54 Å². The maximum atomic E-state index is 11.9. The quantitative estimate of drug-likeness (QED) is 0.586. The van der Waals surface area contributed by atoms with Crippen molar-refractivity contribution in [1.29, 1.82) is 0 Å². The largest absolute Gasteiger partial charge is 0.612 e. The van der Waals surface area contributed by atoms with Crippen LogP contribution < -0.4 is 0 Å². The van der Waals surface area contributed by atoms with E-state index in [1.807, 2.05) is 0 Å². The monoisotopic (exact) mass is 287 g/mol. The summed E-state index contributed by atoms with van der Waals surface area (Å²) >= 11 is -0.861. The molecule has 0 N–H and O–H groups in total. The molecular weight excluding hydrogens is 266 g/mol. The molecule has 0 radical (unpaired) electrons. The normalized spacial score (nSPS) is 48.5. The first kappa shape index (κ1) is 12.1. The highest BCUT2D eigenvalue weighted by atomic mass is 32.2. The maximum Gasteiger partial charge on any atom is 0.152 e. The van der Waals surface area contributed by atoms with Crippen LogP contribution in [0.2, 0.25) is 0 Å². The summed E-state index contributed by atoms with van der Waals surface area (Å²) in [6.45, 7) is 0. The van der Waals surface area contributed by atoms with Crippen LogP contribution in [-0.4, -0.2) is 28.8 Å². The molecule has 3 unspecified atom stereocenters. The van der Waals surface area contributed by atoms with E-state index in [2.05, 4.69) is 30.1 Å². The molecule has 4 aliphatic rings. The molecule has 3 fully saturated rings. The molecule has 1 heterocycles. The SMILES string of the molecule is CN1[C@@H]2[C@H]3CCCC[C@]34CC21c1ccc([S+](C)[O-])cc14. The van der Waals surface area contributed by atoms with E-state index < -0.39 is 11.2 Å². The first-order valence-corrected chi connectivity index (χ1v) is 9.38. The molecule has 2 bridgehead atoms. The fraction of sp³-hybridized carbons (Fsp3) is 0.647. The number of piperidine rings is 1. The molecular formula is C17H21NOS. The molecule has 20 heavy (non-hydrogen) atoms. The highest BCUT2D eigenvalue weighted by Gasteiger charge is 2.80. The average molecular weight is 287 g/mol. The Bertz CT molecular complexity index is 615. The van der Waals surface area contributed by atoms with E-state index in [0.29, 0.717) is 11.0 Å². The van der Waals surface area contributed by atoms with Gasteiger partial charge in [0.2, 0.25) is 0 Å². The average Bonchev–Trinajstić information content (AvgIpc) is 2.82. The number of fused-ring (bicyclic) bond motifs is 2. The van der Waals surface area contributed by atoms with E-state index in [9.17, 15) is 4.55 Å². The van der Waals surface area contributed by atoms with Crippen molar-refractivity contribution in [2.24, 2.45) is 5.92 Å². The fourth-order valence-electron chi connectivity index (χ4n) is 6.12. The van der Waals surface area contributed by atoms with Crippen LogP contribution in [-0.2, 0) is 22.1 Å². The van der Waals surface area contributed by atoms with Crippen molar-refractivity contribution in [2.45, 2.75) is 54.0 Å². The Kier molecular flexibility index (Phi) is 2.08. The number of likely N-dealkylation sites (N-methyl/N-ethyl adjacent to an activating group) is 1. The van der Waals surface area contributed by atoms with Gasteiger partial charge in [0.25, 0.3) is 0 Å². The summed E-state index contributed by atoms with van der Waals surface area (Å²) in [7, 11) is 2.31. The molecule has 2 saturated carbocycles. The molecule has 2 nitrogen and oxygen atoms in total. The molecule has 1 aliphatic heterocycles. The summed E-state index contributed by atoms with van der Waals surface area (Å²) in [5.41, 5.74) is 3.92. The molecule has 5 rings (SSSR count). The van der Waals surface area contributed by atoms with Crippen molar-refractivity contribution in [1.82, 2.24) is 4.90 Å². The third-order valence-corrected chi connectivity index (χ3v) is 7.78. The summed E-state index contributed by atoms with van der Waals surface area (Å²) in [5, 5.41) is 0. The van der Waals surface area contributed by atoms with Gasteiger partial charge in [-0.2, -0.15) is 0 Å². The lowest BCUT2D eigenvalue weighted by Crippen LogP contribution is -2.38. The van der Waals surface area contributed by atoms with Crippen LogP contribution in [0.15, 0.2) is 23.1 Å². The zero-order valence-electron chi connectivity index (χ0n) is 12.2. The molecule has 1 saturated heterocycles. The van der Waals surface area contributed by atoms with E-state index in [1.54, 1.807) is 17.4 Å². The number of benzene rings is 1. The Labute approximate surface area is 123 Å². The zero-order chi connectivity index (χ0) is 13.7. The van der Waals surface area contributed by atoms with Gasteiger partial charge >= 0.3 is 0 Å². The van der Waals surface area contributed by atoms with E-state index in [4.69, 9.17) is 0 Å². The van der Waals surface area contributed by atoms with Gasteiger partial charge in [0, 0.05) is 11.5 Å². The maximum absolute atomic E-state index is 11.9. The van der Waals surface area contributed by atoms with Gasteiger partial charge in [0.1, 0.15) is 6.26 Å². The van der Waals surface area contributed by atoms with Crippen molar-refractivity contribution >= 4 is 11.2 Å². The molecule has 3 aliphatic carbocycles. The lowest BCUT2D eigenvalue weighted by Gasteiger charge is -2.41. The minimum absolute atomic E-state index is 0.359. The first-order valence-electron chi connectivity index (χ1n) is 7.83. The van der Waals surface area contributed by atoms with Crippen LogP contribution in [0.3, 0.4) is 0 Å². The van der Waals surface area contributed by atoms with E-state index in [1.165, 1.54) is 32.1 Å². The second-order valence-corrected chi connectivity index (χ2v) is 8.71. The predicted octanol–water partition coefficient (Wildman–Crippen LogP) is 2.78. The molecule has 1 aromatic rings. The van der Waals surface area contributed by atoms with Crippen LogP contribution in [0.4, 0.5) is 0 Å². The molecule has 2 spiro atoms. The van der Waals surface area contributed by atoms with Gasteiger partial charge in [-0.25, -0.2) is 0 Å². The smallest absolute Gasteiger partial charge is 0.152 e. The zero-order valence-corrected chi connectivity index (χ0v) is 13.0. The molecule has 0 amide bonds. The number of nitrogens with zero attached hydrogens (tertiary/aromatic N) is 1. The molecule has 0 aromatic heterocycles. The van der Waals surface area contributed by atoms with Crippen molar-refractivity contribution in [3.05, 3.63) is 29.3 Å². The summed E-state index contributed by atoms with van der Waals surface area (Å²) in [5.74, 6) is 0.856. The fourth-order valence-corrected chi connectivity index (χ4v) is 6.67. The summed E-state index contributed by atoms with van der Waals surface area (Å²) in [4.78, 5) is 3.64. The number of hydrogen-bond donors (Lipinski definition) is 0. The Hall–Kier alpha value is -0.510. The standard InChI is InChI=1S/C17H21NOS/c1-18-15-13-5-3-4-8-16(13)10-17(15,18)12-7-6-11(20(2)19)9-14(12)16/h6-7,9,13,15H,3-5,8,10H2,1-2H3/t13-,15-,16+,17?,18?,20?/m1/s1. The molecule has 106 valence electrons. The van der Waals surface area contributed by atoms with Crippen molar-refractivity contribution < 1.29 is 4.55 Å². The number of hydrogen-bond acceptors (Lipinski definition) is 2. The predicted molar refractivity (Wildman–Crippen MR) is 80.3 cm³/mol. The number of likely N-dealkylation sites (tertiary alicyclic amines) is 1. The minimum atomic E-state index is -0.861. The van der Waals surface area contributed by atoms with Gasteiger partial charge in [-0.05, 0) is 66.7 Å². The minimum Gasteiger partial charge on any atom is -0.612 e. The second-order valence-electron chi connectivity index (χ2n) is 7.33. The molecule has 1 aromatic carbocycles. The van der Waals surface area contributed by atoms with Crippen molar-refractivity contribution in [3.8, 4) is 0 Å². The topological polar surface area (TPSA) is 26.1 Å². The highest BCUT2D eigenvalue weighted by molar-refractivity contribution is 7.90. The van der Waals surface area contributed by atoms with E-state index in [0.717, 1.165) is 16.9 Å².